The second kappa shape index (κ2) is 13.5. The lowest BCUT2D eigenvalue weighted by atomic mass is 9.86. The van der Waals surface area contributed by atoms with Crippen LogP contribution in [0.25, 0.3) is 118 Å². The van der Waals surface area contributed by atoms with E-state index in [0.29, 0.717) is 33.6 Å². The summed E-state index contributed by atoms with van der Waals surface area (Å²) < 4.78 is 9.38. The zero-order valence-electron chi connectivity index (χ0n) is 33.8. The fraction of sp³-hybridized carbons (Fsp3) is 0.0175. The molecular formula is C57H32N4S2. The summed E-state index contributed by atoms with van der Waals surface area (Å²) in [5.41, 5.74) is 10.7. The van der Waals surface area contributed by atoms with Crippen molar-refractivity contribution in [3.8, 4) is 45.8 Å². The number of aromatic nitrogens is 2. The highest BCUT2D eigenvalue weighted by molar-refractivity contribution is 7.26. The van der Waals surface area contributed by atoms with E-state index in [0.717, 1.165) is 59.4 Å². The van der Waals surface area contributed by atoms with E-state index in [1.807, 2.05) is 47.7 Å². The van der Waals surface area contributed by atoms with Crippen molar-refractivity contribution in [1.29, 1.82) is 10.5 Å². The van der Waals surface area contributed by atoms with E-state index in [4.69, 9.17) is 0 Å². The highest BCUT2D eigenvalue weighted by Gasteiger charge is 2.32. The van der Waals surface area contributed by atoms with Gasteiger partial charge in [0, 0.05) is 68.3 Å². The number of para-hydroxylation sites is 2. The third-order valence-corrected chi connectivity index (χ3v) is 15.2. The summed E-state index contributed by atoms with van der Waals surface area (Å²) in [5, 5.41) is 33.1. The molecule has 4 aromatic heterocycles. The van der Waals surface area contributed by atoms with Crippen LogP contribution in [0.4, 0.5) is 0 Å². The Morgan fingerprint density at radius 1 is 0.397 bits per heavy atom. The smallest absolute Gasteiger partial charge is 0.102 e. The molecule has 6 heteroatoms. The molecule has 292 valence electrons. The maximum atomic E-state index is 12.0. The minimum Gasteiger partial charge on any atom is -0.307 e. The van der Waals surface area contributed by atoms with Crippen molar-refractivity contribution in [2.45, 2.75) is 6.92 Å². The Morgan fingerprint density at radius 2 is 0.921 bits per heavy atom. The van der Waals surface area contributed by atoms with Gasteiger partial charge in [-0.3, -0.25) is 0 Å². The molecule has 0 saturated heterocycles. The molecule has 0 unspecified atom stereocenters. The maximum Gasteiger partial charge on any atom is 0.102 e. The average molecular weight is 837 g/mol. The van der Waals surface area contributed by atoms with Crippen LogP contribution in [0.3, 0.4) is 0 Å². The lowest BCUT2D eigenvalue weighted by Gasteiger charge is -2.25. The van der Waals surface area contributed by atoms with Gasteiger partial charge in [0.2, 0.25) is 0 Å². The summed E-state index contributed by atoms with van der Waals surface area (Å²) in [5.74, 6) is 0. The van der Waals surface area contributed by atoms with Gasteiger partial charge in [0.25, 0.3) is 0 Å². The van der Waals surface area contributed by atoms with E-state index < -0.39 is 0 Å². The predicted molar refractivity (Wildman–Crippen MR) is 266 cm³/mol. The number of benzene rings is 9. The first-order chi connectivity index (χ1) is 31.1. The first kappa shape index (κ1) is 35.7. The molecule has 0 N–H and O–H groups in total. The fourth-order valence-corrected chi connectivity index (χ4v) is 12.7. The number of hydrogen-bond acceptors (Lipinski definition) is 4. The van der Waals surface area contributed by atoms with Gasteiger partial charge in [-0.2, -0.15) is 10.5 Å². The van der Waals surface area contributed by atoms with Gasteiger partial charge >= 0.3 is 0 Å². The molecule has 4 heterocycles. The van der Waals surface area contributed by atoms with Crippen molar-refractivity contribution in [2.75, 3.05) is 0 Å². The Hall–Kier alpha value is -8.00. The number of rotatable bonds is 4. The molecule has 9 aromatic carbocycles. The lowest BCUT2D eigenvalue weighted by molar-refractivity contribution is 1.13. The summed E-state index contributed by atoms with van der Waals surface area (Å²) in [6, 6.07) is 67.4. The summed E-state index contributed by atoms with van der Waals surface area (Å²) in [7, 11) is 0. The standard InChI is InChI=1S/C57H32N4S2/c1-33-24-25-39-43-29-48-42(30-51(43)62-50(39)28-33)37-19-9-11-21-46(37)60(48)54-44(31-58)53(35-16-6-3-7-17-35)55(45(32-59)52(54)34-14-4-2-5-15-34)61-47-22-12-8-18-36(47)40-26-27-41-38-20-10-13-23-49(38)63-57(41)56(40)61/h2-30H,1H3. The third kappa shape index (κ3) is 4.99. The van der Waals surface area contributed by atoms with Crippen molar-refractivity contribution in [3.05, 3.63) is 193 Å². The van der Waals surface area contributed by atoms with E-state index in [2.05, 4.69) is 168 Å². The largest absolute Gasteiger partial charge is 0.307 e. The SMILES string of the molecule is Cc1ccc2c(c1)sc1cc3c4ccccc4n(-c4c(C#N)c(-c5ccccc5)c(-n5c6ccccc6c6ccc7c8ccccc8sc7c65)c(C#N)c4-c4ccccc4)c3cc12. The van der Waals surface area contributed by atoms with Gasteiger partial charge in [-0.15, -0.1) is 22.7 Å². The van der Waals surface area contributed by atoms with E-state index in [1.165, 1.54) is 41.2 Å². The maximum absolute atomic E-state index is 12.0. The Labute approximate surface area is 369 Å². The molecule has 0 atom stereocenters. The molecule has 0 aliphatic carbocycles. The quantitative estimate of drug-likeness (QED) is 0.177. The van der Waals surface area contributed by atoms with Gasteiger partial charge in [-0.1, -0.05) is 140 Å². The second-order valence-electron chi connectivity index (χ2n) is 16.3. The molecule has 0 amide bonds. The molecule has 0 bridgehead atoms. The van der Waals surface area contributed by atoms with E-state index in [9.17, 15) is 10.5 Å². The van der Waals surface area contributed by atoms with Crippen LogP contribution in [0.5, 0.6) is 0 Å². The Balaban J connectivity index is 1.29. The number of nitriles is 2. The minimum absolute atomic E-state index is 0.497. The molecule has 0 saturated carbocycles. The summed E-state index contributed by atoms with van der Waals surface area (Å²) >= 11 is 3.59. The topological polar surface area (TPSA) is 57.4 Å². The molecule has 0 fully saturated rings. The summed E-state index contributed by atoms with van der Waals surface area (Å²) in [4.78, 5) is 0. The molecule has 63 heavy (non-hydrogen) atoms. The van der Waals surface area contributed by atoms with Crippen molar-refractivity contribution < 1.29 is 0 Å². The molecule has 0 aliphatic rings. The first-order valence-electron chi connectivity index (χ1n) is 21.0. The zero-order chi connectivity index (χ0) is 41.9. The Kier molecular flexibility index (Phi) is 7.66. The zero-order valence-corrected chi connectivity index (χ0v) is 35.5. The van der Waals surface area contributed by atoms with Crippen molar-refractivity contribution >= 4 is 107 Å². The van der Waals surface area contributed by atoms with Crippen LogP contribution in [0.2, 0.25) is 0 Å². The Bertz CT molecular complexity index is 4170. The monoisotopic (exact) mass is 836 g/mol. The molecular weight excluding hydrogens is 805 g/mol. The fourth-order valence-electron chi connectivity index (χ4n) is 10.2. The van der Waals surface area contributed by atoms with Crippen LogP contribution in [0, 0.1) is 29.6 Å². The van der Waals surface area contributed by atoms with Gasteiger partial charge in [0.15, 0.2) is 0 Å². The molecule has 0 aliphatic heterocycles. The number of thiophene rings is 2. The number of nitrogens with zero attached hydrogens (tertiary/aromatic N) is 4. The second-order valence-corrected chi connectivity index (χ2v) is 18.4. The Morgan fingerprint density at radius 3 is 1.60 bits per heavy atom. The molecule has 4 nitrogen and oxygen atoms in total. The molecule has 0 spiro atoms. The van der Waals surface area contributed by atoms with Crippen LogP contribution < -0.4 is 0 Å². The molecule has 0 radical (unpaired) electrons. The number of hydrogen-bond donors (Lipinski definition) is 0. The van der Waals surface area contributed by atoms with E-state index in [1.54, 1.807) is 11.3 Å². The van der Waals surface area contributed by atoms with E-state index in [-0.39, 0.29) is 0 Å². The van der Waals surface area contributed by atoms with Crippen molar-refractivity contribution in [3.63, 3.8) is 0 Å². The first-order valence-corrected chi connectivity index (χ1v) is 22.6. The van der Waals surface area contributed by atoms with Gasteiger partial charge in [-0.25, -0.2) is 0 Å². The van der Waals surface area contributed by atoms with Gasteiger partial charge in [0.05, 0.1) is 49.3 Å². The molecule has 13 aromatic rings. The highest BCUT2D eigenvalue weighted by atomic mass is 32.1. The van der Waals surface area contributed by atoms with Gasteiger partial charge in [-0.05, 0) is 60.0 Å². The lowest BCUT2D eigenvalue weighted by Crippen LogP contribution is -2.11. The number of aryl methyl sites for hydroxylation is 1. The average Bonchev–Trinajstić information content (AvgIpc) is 4.07. The van der Waals surface area contributed by atoms with Crippen molar-refractivity contribution in [2.24, 2.45) is 0 Å². The van der Waals surface area contributed by atoms with Crippen LogP contribution >= 0.6 is 22.7 Å². The molecule has 13 rings (SSSR count). The summed E-state index contributed by atoms with van der Waals surface area (Å²) in [6.45, 7) is 2.14. The summed E-state index contributed by atoms with van der Waals surface area (Å²) in [6.07, 6.45) is 0. The van der Waals surface area contributed by atoms with Crippen LogP contribution in [-0.4, -0.2) is 9.13 Å². The van der Waals surface area contributed by atoms with Crippen LogP contribution in [-0.2, 0) is 0 Å². The van der Waals surface area contributed by atoms with Crippen LogP contribution in [0.1, 0.15) is 16.7 Å². The van der Waals surface area contributed by atoms with Gasteiger partial charge < -0.3 is 9.13 Å². The normalized spacial score (nSPS) is 11.9. The van der Waals surface area contributed by atoms with Crippen LogP contribution in [0.15, 0.2) is 176 Å². The predicted octanol–water partition coefficient (Wildman–Crippen LogP) is 16.0. The third-order valence-electron chi connectivity index (χ3n) is 12.8. The van der Waals surface area contributed by atoms with Crippen molar-refractivity contribution in [1.82, 2.24) is 9.13 Å². The van der Waals surface area contributed by atoms with Gasteiger partial charge in [0.1, 0.15) is 12.1 Å². The number of fused-ring (bicyclic) bond motifs is 13. The minimum atomic E-state index is 0.497. The van der Waals surface area contributed by atoms with E-state index >= 15 is 0 Å². The highest BCUT2D eigenvalue weighted by Crippen LogP contribution is 2.51.